The van der Waals surface area contributed by atoms with Crippen molar-refractivity contribution in [3.63, 3.8) is 0 Å². The van der Waals surface area contributed by atoms with Crippen LogP contribution in [0, 0.1) is 13.8 Å². The molecule has 0 fully saturated rings. The van der Waals surface area contributed by atoms with Crippen molar-refractivity contribution in [3.8, 4) is 5.75 Å². The van der Waals surface area contributed by atoms with Crippen molar-refractivity contribution >= 4 is 17.5 Å². The minimum Gasteiger partial charge on any atom is -0.497 e. The Hall–Kier alpha value is -2.79. The highest BCUT2D eigenvalue weighted by Crippen LogP contribution is 2.28. The van der Waals surface area contributed by atoms with E-state index in [0.717, 1.165) is 23.3 Å². The fraction of sp³-hybridized carbons (Fsp3) is 0.304. The Morgan fingerprint density at radius 1 is 1.14 bits per heavy atom. The summed E-state index contributed by atoms with van der Waals surface area (Å²) in [5, 5.41) is 4.93. The van der Waals surface area contributed by atoms with Crippen LogP contribution in [0.25, 0.3) is 0 Å². The summed E-state index contributed by atoms with van der Waals surface area (Å²) in [6, 6.07) is 14.3. The van der Waals surface area contributed by atoms with E-state index in [4.69, 9.17) is 16.3 Å². The molecule has 5 nitrogen and oxygen atoms in total. The SMILES string of the molecule is COc1ccc2c(c1)CN(C(=O)c1c(C)nn(Cc3ccc(C)cc3)c1Cl)CC2. The second kappa shape index (κ2) is 7.91. The van der Waals surface area contributed by atoms with Gasteiger partial charge in [0.2, 0.25) is 0 Å². The Morgan fingerprint density at radius 2 is 1.90 bits per heavy atom. The monoisotopic (exact) mass is 409 g/mol. The van der Waals surface area contributed by atoms with Crippen molar-refractivity contribution in [2.45, 2.75) is 33.4 Å². The van der Waals surface area contributed by atoms with Gasteiger partial charge in [0.05, 0.1) is 24.9 Å². The number of rotatable bonds is 4. The van der Waals surface area contributed by atoms with Gasteiger partial charge in [0.15, 0.2) is 0 Å². The Bertz CT molecular complexity index is 1060. The molecule has 0 atom stereocenters. The number of carbonyl (C=O) groups excluding carboxylic acids is 1. The van der Waals surface area contributed by atoms with Gasteiger partial charge in [0.25, 0.3) is 5.91 Å². The first-order valence-electron chi connectivity index (χ1n) is 9.70. The molecule has 2 aromatic carbocycles. The van der Waals surface area contributed by atoms with Crippen LogP contribution in [0.1, 0.15) is 38.3 Å². The zero-order valence-electron chi connectivity index (χ0n) is 16.9. The molecule has 3 aromatic rings. The molecule has 0 N–H and O–H groups in total. The Morgan fingerprint density at radius 3 is 2.62 bits per heavy atom. The van der Waals surface area contributed by atoms with Crippen LogP contribution < -0.4 is 4.74 Å². The van der Waals surface area contributed by atoms with E-state index < -0.39 is 0 Å². The number of carbonyl (C=O) groups is 1. The second-order valence-electron chi connectivity index (χ2n) is 7.51. The maximum atomic E-state index is 13.3. The van der Waals surface area contributed by atoms with Gasteiger partial charge in [0.1, 0.15) is 10.9 Å². The molecular weight excluding hydrogens is 386 g/mol. The molecule has 150 valence electrons. The van der Waals surface area contributed by atoms with Crippen molar-refractivity contribution in [3.05, 3.63) is 81.1 Å². The standard InChI is InChI=1S/C23H24ClN3O2/c1-15-4-6-17(7-5-15)13-27-22(24)21(16(2)25-27)23(28)26-11-10-18-8-9-20(29-3)12-19(18)14-26/h4-9,12H,10-11,13-14H2,1-3H3. The van der Waals surface area contributed by atoms with E-state index in [1.54, 1.807) is 11.8 Å². The lowest BCUT2D eigenvalue weighted by Gasteiger charge is -2.29. The van der Waals surface area contributed by atoms with E-state index >= 15 is 0 Å². The highest BCUT2D eigenvalue weighted by molar-refractivity contribution is 6.33. The number of halogens is 1. The molecule has 0 saturated heterocycles. The molecule has 0 radical (unpaired) electrons. The molecule has 0 aliphatic carbocycles. The van der Waals surface area contributed by atoms with Gasteiger partial charge in [-0.3, -0.25) is 4.79 Å². The van der Waals surface area contributed by atoms with E-state index in [1.807, 2.05) is 24.0 Å². The summed E-state index contributed by atoms with van der Waals surface area (Å²) in [6.45, 7) is 5.64. The molecular formula is C23H24ClN3O2. The molecule has 0 spiro atoms. The third-order valence-electron chi connectivity index (χ3n) is 5.45. The molecule has 0 bridgehead atoms. The lowest BCUT2D eigenvalue weighted by Crippen LogP contribution is -2.36. The topological polar surface area (TPSA) is 47.4 Å². The van der Waals surface area contributed by atoms with Crippen molar-refractivity contribution in [2.75, 3.05) is 13.7 Å². The van der Waals surface area contributed by atoms with E-state index in [2.05, 4.69) is 42.4 Å². The highest BCUT2D eigenvalue weighted by Gasteiger charge is 2.28. The van der Waals surface area contributed by atoms with E-state index in [9.17, 15) is 4.79 Å². The lowest BCUT2D eigenvalue weighted by molar-refractivity contribution is 0.0734. The van der Waals surface area contributed by atoms with E-state index in [-0.39, 0.29) is 5.91 Å². The minimum atomic E-state index is -0.0730. The van der Waals surface area contributed by atoms with Crippen LogP contribution in [0.2, 0.25) is 5.15 Å². The first kappa shape index (κ1) is 19.5. The van der Waals surface area contributed by atoms with E-state index in [0.29, 0.717) is 36.0 Å². The largest absolute Gasteiger partial charge is 0.497 e. The number of hydrogen-bond acceptors (Lipinski definition) is 3. The van der Waals surface area contributed by atoms with Gasteiger partial charge in [-0.15, -0.1) is 0 Å². The van der Waals surface area contributed by atoms with Crippen LogP contribution in [-0.4, -0.2) is 34.2 Å². The normalized spacial score (nSPS) is 13.3. The van der Waals surface area contributed by atoms with Crippen LogP contribution in [0.3, 0.4) is 0 Å². The van der Waals surface area contributed by atoms with Gasteiger partial charge in [-0.1, -0.05) is 47.5 Å². The third kappa shape index (κ3) is 3.87. The van der Waals surface area contributed by atoms with E-state index in [1.165, 1.54) is 11.1 Å². The predicted octanol–water partition coefficient (Wildman–Crippen LogP) is 4.41. The van der Waals surface area contributed by atoms with Gasteiger partial charge in [-0.2, -0.15) is 5.10 Å². The van der Waals surface area contributed by atoms with Crippen molar-refractivity contribution in [1.82, 2.24) is 14.7 Å². The van der Waals surface area contributed by atoms with Gasteiger partial charge in [0, 0.05) is 13.1 Å². The molecule has 1 aliphatic heterocycles. The van der Waals surface area contributed by atoms with Crippen LogP contribution >= 0.6 is 11.6 Å². The van der Waals surface area contributed by atoms with Crippen LogP contribution in [0.4, 0.5) is 0 Å². The Balaban J connectivity index is 1.57. The van der Waals surface area contributed by atoms with Crippen molar-refractivity contribution in [1.29, 1.82) is 0 Å². The fourth-order valence-corrected chi connectivity index (χ4v) is 4.07. The number of fused-ring (bicyclic) bond motifs is 1. The predicted molar refractivity (Wildman–Crippen MR) is 114 cm³/mol. The smallest absolute Gasteiger partial charge is 0.259 e. The molecule has 1 aliphatic rings. The molecule has 0 saturated carbocycles. The number of benzene rings is 2. The quantitative estimate of drug-likeness (QED) is 0.641. The number of amides is 1. The maximum Gasteiger partial charge on any atom is 0.259 e. The molecule has 4 rings (SSSR count). The summed E-state index contributed by atoms with van der Waals surface area (Å²) in [7, 11) is 1.65. The maximum absolute atomic E-state index is 13.3. The molecule has 0 unspecified atom stereocenters. The number of methoxy groups -OCH3 is 1. The second-order valence-corrected chi connectivity index (χ2v) is 7.86. The average Bonchev–Trinajstić information content (AvgIpc) is 3.01. The van der Waals surface area contributed by atoms with Crippen LogP contribution in [0.15, 0.2) is 42.5 Å². The van der Waals surface area contributed by atoms with Gasteiger partial charge in [-0.05, 0) is 49.1 Å². The summed E-state index contributed by atoms with van der Waals surface area (Å²) in [5.74, 6) is 0.731. The first-order valence-corrected chi connectivity index (χ1v) is 10.1. The third-order valence-corrected chi connectivity index (χ3v) is 5.83. The molecule has 1 amide bonds. The summed E-state index contributed by atoms with van der Waals surface area (Å²) >= 11 is 6.61. The summed E-state index contributed by atoms with van der Waals surface area (Å²) < 4.78 is 7.03. The summed E-state index contributed by atoms with van der Waals surface area (Å²) in [6.07, 6.45) is 0.819. The molecule has 6 heteroatoms. The van der Waals surface area contributed by atoms with Gasteiger partial charge < -0.3 is 9.64 Å². The average molecular weight is 410 g/mol. The summed E-state index contributed by atoms with van der Waals surface area (Å²) in [4.78, 5) is 15.1. The zero-order valence-corrected chi connectivity index (χ0v) is 17.7. The number of aromatic nitrogens is 2. The van der Waals surface area contributed by atoms with Gasteiger partial charge in [-0.25, -0.2) is 4.68 Å². The number of hydrogen-bond donors (Lipinski definition) is 0. The molecule has 29 heavy (non-hydrogen) atoms. The Kier molecular flexibility index (Phi) is 5.33. The molecule has 1 aromatic heterocycles. The zero-order chi connectivity index (χ0) is 20.5. The molecule has 2 heterocycles. The number of nitrogens with zero attached hydrogens (tertiary/aromatic N) is 3. The summed E-state index contributed by atoms with van der Waals surface area (Å²) in [5.41, 5.74) is 5.82. The van der Waals surface area contributed by atoms with Crippen molar-refractivity contribution < 1.29 is 9.53 Å². The number of aryl methyl sites for hydroxylation is 2. The Labute approximate surface area is 175 Å². The number of ether oxygens (including phenoxy) is 1. The first-order chi connectivity index (χ1) is 14.0. The van der Waals surface area contributed by atoms with Crippen LogP contribution in [0.5, 0.6) is 5.75 Å². The van der Waals surface area contributed by atoms with Crippen molar-refractivity contribution in [2.24, 2.45) is 0 Å². The van der Waals surface area contributed by atoms with Gasteiger partial charge >= 0.3 is 0 Å². The minimum absolute atomic E-state index is 0.0730. The lowest BCUT2D eigenvalue weighted by atomic mass is 9.99. The highest BCUT2D eigenvalue weighted by atomic mass is 35.5. The fourth-order valence-electron chi connectivity index (χ4n) is 3.76. The van der Waals surface area contributed by atoms with Crippen LogP contribution in [-0.2, 0) is 19.5 Å².